The van der Waals surface area contributed by atoms with E-state index in [0.717, 1.165) is 25.7 Å². The van der Waals surface area contributed by atoms with Crippen molar-refractivity contribution in [1.82, 2.24) is 14.8 Å². The molecular formula is C23H28FN3O4S. The van der Waals surface area contributed by atoms with E-state index in [2.05, 4.69) is 10.5 Å². The molecule has 1 aromatic carbocycles. The minimum Gasteiger partial charge on any atom is -0.355 e. The van der Waals surface area contributed by atoms with Crippen LogP contribution < -0.4 is 5.32 Å². The number of aryl methyl sites for hydroxylation is 1. The monoisotopic (exact) mass is 461 g/mol. The molecule has 1 N–H and O–H groups in total. The SMILES string of the molecule is Cc1noc(C=Cc2ccccc2F)c1S(=O)(=O)N1CCC(C(=O)NC2CCCC2)CC1. The van der Waals surface area contributed by atoms with Gasteiger partial charge in [0.05, 0.1) is 0 Å². The summed E-state index contributed by atoms with van der Waals surface area (Å²) in [6.07, 6.45) is 8.18. The smallest absolute Gasteiger partial charge is 0.248 e. The lowest BCUT2D eigenvalue weighted by Crippen LogP contribution is -2.45. The number of carbonyl (C=O) groups is 1. The highest BCUT2D eigenvalue weighted by Gasteiger charge is 2.36. The van der Waals surface area contributed by atoms with Gasteiger partial charge in [-0.3, -0.25) is 4.79 Å². The van der Waals surface area contributed by atoms with Crippen molar-refractivity contribution in [3.05, 3.63) is 47.1 Å². The molecule has 1 saturated carbocycles. The molecule has 0 bridgehead atoms. The van der Waals surface area contributed by atoms with Crippen molar-refractivity contribution in [3.63, 3.8) is 0 Å². The second kappa shape index (κ2) is 9.54. The van der Waals surface area contributed by atoms with E-state index in [0.29, 0.717) is 18.4 Å². The Balaban J connectivity index is 1.46. The lowest BCUT2D eigenvalue weighted by molar-refractivity contribution is -0.126. The molecule has 0 radical (unpaired) electrons. The van der Waals surface area contributed by atoms with Crippen LogP contribution in [0.5, 0.6) is 0 Å². The number of halogens is 1. The van der Waals surface area contributed by atoms with Crippen LogP contribution in [0.4, 0.5) is 4.39 Å². The van der Waals surface area contributed by atoms with Gasteiger partial charge in [0, 0.05) is 30.6 Å². The molecule has 9 heteroatoms. The average Bonchev–Trinajstić information content (AvgIpc) is 3.43. The molecule has 4 rings (SSSR count). The topological polar surface area (TPSA) is 92.5 Å². The maximum absolute atomic E-state index is 13.9. The van der Waals surface area contributed by atoms with E-state index in [1.165, 1.54) is 22.5 Å². The normalized spacial score (nSPS) is 19.1. The van der Waals surface area contributed by atoms with Gasteiger partial charge in [0.25, 0.3) is 0 Å². The molecule has 2 aromatic rings. The molecule has 0 spiro atoms. The summed E-state index contributed by atoms with van der Waals surface area (Å²) in [6.45, 7) is 2.08. The van der Waals surface area contributed by atoms with Crippen molar-refractivity contribution in [2.24, 2.45) is 5.92 Å². The van der Waals surface area contributed by atoms with Gasteiger partial charge in [-0.2, -0.15) is 4.31 Å². The number of sulfonamides is 1. The van der Waals surface area contributed by atoms with Crippen LogP contribution in [0.1, 0.15) is 55.5 Å². The molecule has 1 saturated heterocycles. The van der Waals surface area contributed by atoms with Crippen molar-refractivity contribution >= 4 is 28.1 Å². The van der Waals surface area contributed by atoms with E-state index in [9.17, 15) is 17.6 Å². The highest BCUT2D eigenvalue weighted by Crippen LogP contribution is 2.30. The van der Waals surface area contributed by atoms with E-state index in [4.69, 9.17) is 4.52 Å². The fraction of sp³-hybridized carbons (Fsp3) is 0.478. The van der Waals surface area contributed by atoms with Crippen LogP contribution >= 0.6 is 0 Å². The Morgan fingerprint density at radius 3 is 2.53 bits per heavy atom. The molecule has 1 amide bonds. The van der Waals surface area contributed by atoms with Crippen LogP contribution in [0.3, 0.4) is 0 Å². The van der Waals surface area contributed by atoms with Gasteiger partial charge in [0.2, 0.25) is 15.9 Å². The van der Waals surface area contributed by atoms with E-state index in [1.807, 2.05) is 0 Å². The number of nitrogens with one attached hydrogen (secondary N) is 1. The molecule has 0 atom stereocenters. The average molecular weight is 462 g/mol. The molecule has 32 heavy (non-hydrogen) atoms. The summed E-state index contributed by atoms with van der Waals surface area (Å²) in [5.41, 5.74) is 0.568. The van der Waals surface area contributed by atoms with Crippen LogP contribution in [0.2, 0.25) is 0 Å². The third-order valence-electron chi connectivity index (χ3n) is 6.28. The second-order valence-corrected chi connectivity index (χ2v) is 10.4. The van der Waals surface area contributed by atoms with Crippen molar-refractivity contribution < 1.29 is 22.1 Å². The Bertz CT molecular complexity index is 1100. The third-order valence-corrected chi connectivity index (χ3v) is 8.33. The maximum Gasteiger partial charge on any atom is 0.248 e. The van der Waals surface area contributed by atoms with E-state index in [-0.39, 0.29) is 47.3 Å². The van der Waals surface area contributed by atoms with E-state index >= 15 is 0 Å². The zero-order chi connectivity index (χ0) is 22.7. The number of carbonyl (C=O) groups excluding carboxylic acids is 1. The minimum atomic E-state index is -3.87. The van der Waals surface area contributed by atoms with Crippen LogP contribution in [-0.2, 0) is 14.8 Å². The van der Waals surface area contributed by atoms with E-state index in [1.54, 1.807) is 25.1 Å². The Kier molecular flexibility index (Phi) is 6.76. The Hall–Kier alpha value is -2.52. The molecule has 1 aliphatic carbocycles. The number of benzene rings is 1. The molecule has 172 valence electrons. The summed E-state index contributed by atoms with van der Waals surface area (Å²) >= 11 is 0. The first kappa shape index (κ1) is 22.7. The van der Waals surface area contributed by atoms with E-state index < -0.39 is 15.8 Å². The fourth-order valence-corrected chi connectivity index (χ4v) is 6.17. The van der Waals surface area contributed by atoms with Crippen molar-refractivity contribution in [2.75, 3.05) is 13.1 Å². The summed E-state index contributed by atoms with van der Waals surface area (Å²) in [4.78, 5) is 12.5. The molecule has 7 nitrogen and oxygen atoms in total. The summed E-state index contributed by atoms with van der Waals surface area (Å²) in [7, 11) is -3.87. The number of rotatable bonds is 6. The fourth-order valence-electron chi connectivity index (χ4n) is 4.45. The first-order chi connectivity index (χ1) is 15.4. The van der Waals surface area contributed by atoms with Gasteiger partial charge in [0.15, 0.2) is 10.7 Å². The number of piperidine rings is 1. The molecule has 2 heterocycles. The van der Waals surface area contributed by atoms with Crippen molar-refractivity contribution in [1.29, 1.82) is 0 Å². The third kappa shape index (κ3) is 4.78. The summed E-state index contributed by atoms with van der Waals surface area (Å²) in [5.74, 6) is -0.496. The van der Waals surface area contributed by atoms with Crippen LogP contribution in [-0.4, -0.2) is 42.9 Å². The Morgan fingerprint density at radius 2 is 1.84 bits per heavy atom. The molecule has 2 aliphatic rings. The van der Waals surface area contributed by atoms with Crippen molar-refractivity contribution in [2.45, 2.75) is 56.4 Å². The number of amides is 1. The largest absolute Gasteiger partial charge is 0.355 e. The summed E-state index contributed by atoms with van der Waals surface area (Å²) in [6, 6.07) is 6.45. The van der Waals surface area contributed by atoms with Gasteiger partial charge >= 0.3 is 0 Å². The maximum atomic E-state index is 13.9. The molecule has 1 aliphatic heterocycles. The quantitative estimate of drug-likeness (QED) is 0.707. The Labute approximate surface area is 187 Å². The van der Waals surface area contributed by atoms with Gasteiger partial charge in [0.1, 0.15) is 11.5 Å². The van der Waals surface area contributed by atoms with Crippen LogP contribution in [0.25, 0.3) is 12.2 Å². The summed E-state index contributed by atoms with van der Waals surface area (Å²) < 4.78 is 47.2. The predicted octanol–water partition coefficient (Wildman–Crippen LogP) is 3.75. The first-order valence-corrected chi connectivity index (χ1v) is 12.5. The highest BCUT2D eigenvalue weighted by molar-refractivity contribution is 7.89. The van der Waals surface area contributed by atoms with Crippen molar-refractivity contribution in [3.8, 4) is 0 Å². The number of hydrogen-bond donors (Lipinski definition) is 1. The Morgan fingerprint density at radius 1 is 1.16 bits per heavy atom. The molecule has 0 unspecified atom stereocenters. The first-order valence-electron chi connectivity index (χ1n) is 11.1. The lowest BCUT2D eigenvalue weighted by atomic mass is 9.97. The molecule has 2 fully saturated rings. The van der Waals surface area contributed by atoms with Crippen LogP contribution in [0.15, 0.2) is 33.7 Å². The lowest BCUT2D eigenvalue weighted by Gasteiger charge is -2.31. The molecule has 1 aromatic heterocycles. The zero-order valence-corrected chi connectivity index (χ0v) is 18.9. The summed E-state index contributed by atoms with van der Waals surface area (Å²) in [5, 5.41) is 6.94. The van der Waals surface area contributed by atoms with Gasteiger partial charge < -0.3 is 9.84 Å². The predicted molar refractivity (Wildman–Crippen MR) is 118 cm³/mol. The highest BCUT2D eigenvalue weighted by atomic mass is 32.2. The van der Waals surface area contributed by atoms with Gasteiger partial charge in [-0.1, -0.05) is 36.2 Å². The zero-order valence-electron chi connectivity index (χ0n) is 18.1. The van der Waals surface area contributed by atoms with Gasteiger partial charge in [-0.25, -0.2) is 12.8 Å². The number of hydrogen-bond acceptors (Lipinski definition) is 5. The minimum absolute atomic E-state index is 0.0149. The van der Waals surface area contributed by atoms with Crippen LogP contribution in [0, 0.1) is 18.7 Å². The molecular weight excluding hydrogens is 433 g/mol. The van der Waals surface area contributed by atoms with Gasteiger partial charge in [-0.05, 0) is 50.8 Å². The number of aromatic nitrogens is 1. The number of nitrogens with zero attached hydrogens (tertiary/aromatic N) is 2. The van der Waals surface area contributed by atoms with Gasteiger partial charge in [-0.15, -0.1) is 0 Å². The second-order valence-electron chi connectivity index (χ2n) is 8.48. The standard InChI is InChI=1S/C23H28FN3O4S/c1-16-22(21(31-26-16)11-10-17-6-2-5-9-20(17)24)32(29,30)27-14-12-18(13-15-27)23(28)25-19-7-3-4-8-19/h2,5-6,9-11,18-19H,3-4,7-8,12-15H2,1H3,(H,25,28).